The van der Waals surface area contributed by atoms with Crippen molar-refractivity contribution >= 4 is 11.6 Å². The molecule has 9 heteroatoms. The minimum atomic E-state index is -4.30. The average Bonchev–Trinajstić information content (AvgIpc) is 2.87. The summed E-state index contributed by atoms with van der Waals surface area (Å²) in [5.41, 5.74) is 0.775. The van der Waals surface area contributed by atoms with E-state index >= 15 is 0 Å². The highest BCUT2D eigenvalue weighted by Gasteiger charge is 2.27. The van der Waals surface area contributed by atoms with E-state index in [9.17, 15) is 18.0 Å². The van der Waals surface area contributed by atoms with Crippen LogP contribution >= 0.6 is 0 Å². The lowest BCUT2D eigenvalue weighted by Crippen LogP contribution is -2.28. The summed E-state index contributed by atoms with van der Waals surface area (Å²) < 4.78 is 42.6. The van der Waals surface area contributed by atoms with E-state index in [1.807, 2.05) is 0 Å². The number of hydrogen-bond donors (Lipinski definition) is 0. The van der Waals surface area contributed by atoms with Gasteiger partial charge in [0.1, 0.15) is 12.3 Å². The molecule has 2 aromatic heterocycles. The zero-order valence-electron chi connectivity index (χ0n) is 12.5. The van der Waals surface area contributed by atoms with Crippen molar-refractivity contribution in [1.82, 2.24) is 14.5 Å². The van der Waals surface area contributed by atoms with Gasteiger partial charge >= 0.3 is 6.18 Å². The van der Waals surface area contributed by atoms with Gasteiger partial charge in [-0.15, -0.1) is 0 Å². The molecular weight excluding hydrogens is 313 g/mol. The zero-order chi connectivity index (χ0) is 17.0. The van der Waals surface area contributed by atoms with Crippen LogP contribution in [0.4, 0.5) is 18.9 Å². The van der Waals surface area contributed by atoms with Crippen LogP contribution in [0.15, 0.2) is 30.7 Å². The zero-order valence-corrected chi connectivity index (χ0v) is 12.5. The predicted molar refractivity (Wildman–Crippen MR) is 76.3 cm³/mol. The van der Waals surface area contributed by atoms with Crippen molar-refractivity contribution in [2.24, 2.45) is 7.05 Å². The number of halogens is 3. The molecule has 0 radical (unpaired) electrons. The van der Waals surface area contributed by atoms with Crippen molar-refractivity contribution in [3.63, 3.8) is 0 Å². The molecule has 1 amide bonds. The van der Waals surface area contributed by atoms with Gasteiger partial charge in [-0.3, -0.25) is 14.3 Å². The first-order valence-corrected chi connectivity index (χ1v) is 6.69. The second-order valence-electron chi connectivity index (χ2n) is 4.77. The van der Waals surface area contributed by atoms with E-state index in [0.717, 1.165) is 0 Å². The third-order valence-electron chi connectivity index (χ3n) is 3.12. The van der Waals surface area contributed by atoms with Crippen LogP contribution in [0.5, 0.6) is 6.01 Å². The molecule has 0 bridgehead atoms. The van der Waals surface area contributed by atoms with Gasteiger partial charge in [-0.2, -0.15) is 13.2 Å². The molecule has 0 unspecified atom stereocenters. The Morgan fingerprint density at radius 3 is 2.74 bits per heavy atom. The van der Waals surface area contributed by atoms with Crippen LogP contribution in [0, 0.1) is 0 Å². The normalized spacial score (nSPS) is 11.3. The molecular formula is C14H15F3N4O2. The van der Waals surface area contributed by atoms with Crippen LogP contribution in [0.25, 0.3) is 0 Å². The van der Waals surface area contributed by atoms with Crippen LogP contribution in [-0.2, 0) is 7.05 Å². The van der Waals surface area contributed by atoms with Crippen LogP contribution in [0.2, 0.25) is 0 Å². The lowest BCUT2D eigenvalue weighted by molar-refractivity contribution is -0.139. The summed E-state index contributed by atoms with van der Waals surface area (Å²) in [6.45, 7) is -0.555. The first-order chi connectivity index (χ1) is 10.8. The van der Waals surface area contributed by atoms with E-state index in [1.54, 1.807) is 25.4 Å². The number of ether oxygens (including phenoxy) is 1. The molecule has 0 saturated heterocycles. The molecule has 0 aliphatic heterocycles. The molecule has 0 fully saturated rings. The minimum absolute atomic E-state index is 0.0443. The van der Waals surface area contributed by atoms with E-state index in [4.69, 9.17) is 4.74 Å². The van der Waals surface area contributed by atoms with Gasteiger partial charge in [0.05, 0.1) is 24.5 Å². The van der Waals surface area contributed by atoms with Gasteiger partial charge in [0, 0.05) is 20.3 Å². The molecule has 23 heavy (non-hydrogen) atoms. The largest absolute Gasteiger partial charge is 0.464 e. The Morgan fingerprint density at radius 1 is 1.39 bits per heavy atom. The SMILES string of the molecule is CN(C(=O)c1cnc(OCCC(F)(F)F)n1C)c1cccnc1. The molecule has 0 saturated carbocycles. The molecule has 0 aliphatic carbocycles. The first-order valence-electron chi connectivity index (χ1n) is 6.69. The molecule has 0 atom stereocenters. The summed E-state index contributed by atoms with van der Waals surface area (Å²) in [7, 11) is 3.07. The summed E-state index contributed by atoms with van der Waals surface area (Å²) >= 11 is 0. The highest BCUT2D eigenvalue weighted by molar-refractivity contribution is 6.04. The van der Waals surface area contributed by atoms with E-state index in [1.165, 1.54) is 28.9 Å². The molecule has 2 aromatic rings. The third-order valence-corrected chi connectivity index (χ3v) is 3.12. The topological polar surface area (TPSA) is 60.3 Å². The average molecular weight is 328 g/mol. The lowest BCUT2D eigenvalue weighted by Gasteiger charge is -2.17. The van der Waals surface area contributed by atoms with Gasteiger partial charge in [-0.1, -0.05) is 0 Å². The lowest BCUT2D eigenvalue weighted by atomic mass is 10.3. The number of carbonyl (C=O) groups is 1. The molecule has 0 aromatic carbocycles. The standard InChI is InChI=1S/C14H15F3N4O2/c1-20(10-4-3-6-18-8-10)12(22)11-9-19-13(21(11)2)23-7-5-14(15,16)17/h3-4,6,8-9H,5,7H2,1-2H3. The number of anilines is 1. The Morgan fingerprint density at radius 2 is 2.13 bits per heavy atom. The molecule has 124 valence electrons. The van der Waals surface area contributed by atoms with Crippen molar-refractivity contribution in [2.75, 3.05) is 18.6 Å². The Bertz CT molecular complexity index is 670. The number of rotatable bonds is 5. The molecule has 0 spiro atoms. The van der Waals surface area contributed by atoms with Crippen molar-refractivity contribution in [2.45, 2.75) is 12.6 Å². The molecule has 2 heterocycles. The summed E-state index contributed by atoms with van der Waals surface area (Å²) in [5.74, 6) is -0.376. The molecule has 0 N–H and O–H groups in total. The monoisotopic (exact) mass is 328 g/mol. The van der Waals surface area contributed by atoms with Gasteiger partial charge < -0.3 is 9.64 Å². The first kappa shape index (κ1) is 16.8. The van der Waals surface area contributed by atoms with Crippen molar-refractivity contribution in [3.8, 4) is 6.01 Å². The number of aromatic nitrogens is 3. The molecule has 2 rings (SSSR count). The number of carbonyl (C=O) groups excluding carboxylic acids is 1. The second-order valence-corrected chi connectivity index (χ2v) is 4.77. The van der Waals surface area contributed by atoms with Gasteiger partial charge in [-0.05, 0) is 12.1 Å². The predicted octanol–water partition coefficient (Wildman–Crippen LogP) is 2.42. The fourth-order valence-electron chi connectivity index (χ4n) is 1.82. The quantitative estimate of drug-likeness (QED) is 0.846. The number of alkyl halides is 3. The van der Waals surface area contributed by atoms with Crippen LogP contribution in [0.3, 0.4) is 0 Å². The number of hydrogen-bond acceptors (Lipinski definition) is 4. The van der Waals surface area contributed by atoms with E-state index in [2.05, 4.69) is 9.97 Å². The number of imidazole rings is 1. The van der Waals surface area contributed by atoms with E-state index in [0.29, 0.717) is 5.69 Å². The van der Waals surface area contributed by atoms with Crippen molar-refractivity contribution < 1.29 is 22.7 Å². The highest BCUT2D eigenvalue weighted by Crippen LogP contribution is 2.21. The number of amides is 1. The molecule has 0 aliphatic rings. The van der Waals surface area contributed by atoms with Crippen molar-refractivity contribution in [3.05, 3.63) is 36.4 Å². The summed E-state index contributed by atoms with van der Waals surface area (Å²) in [6.07, 6.45) is -1.02. The summed E-state index contributed by atoms with van der Waals surface area (Å²) in [6, 6.07) is 3.35. The van der Waals surface area contributed by atoms with Crippen LogP contribution < -0.4 is 9.64 Å². The second kappa shape index (κ2) is 6.67. The summed E-state index contributed by atoms with van der Waals surface area (Å²) in [5, 5.41) is 0. The fourth-order valence-corrected chi connectivity index (χ4v) is 1.82. The highest BCUT2D eigenvalue weighted by atomic mass is 19.4. The third kappa shape index (κ3) is 4.21. The molecule has 6 nitrogen and oxygen atoms in total. The Labute approximate surface area is 130 Å². The maximum Gasteiger partial charge on any atom is 0.392 e. The van der Waals surface area contributed by atoms with E-state index in [-0.39, 0.29) is 17.6 Å². The number of pyridine rings is 1. The summed E-state index contributed by atoms with van der Waals surface area (Å²) in [4.78, 5) is 21.5. The smallest absolute Gasteiger partial charge is 0.392 e. The Balaban J connectivity index is 2.08. The Hall–Kier alpha value is -2.58. The maximum atomic E-state index is 12.4. The minimum Gasteiger partial charge on any atom is -0.464 e. The van der Waals surface area contributed by atoms with Crippen molar-refractivity contribution in [1.29, 1.82) is 0 Å². The van der Waals surface area contributed by atoms with Gasteiger partial charge in [0.25, 0.3) is 11.9 Å². The maximum absolute atomic E-state index is 12.4. The van der Waals surface area contributed by atoms with Gasteiger partial charge in [0.2, 0.25) is 0 Å². The van der Waals surface area contributed by atoms with Crippen LogP contribution in [0.1, 0.15) is 16.9 Å². The fraction of sp³-hybridized carbons (Fsp3) is 0.357. The van der Waals surface area contributed by atoms with E-state index < -0.39 is 19.2 Å². The van der Waals surface area contributed by atoms with Gasteiger partial charge in [-0.25, -0.2) is 4.98 Å². The van der Waals surface area contributed by atoms with Gasteiger partial charge in [0.15, 0.2) is 0 Å². The Kier molecular flexibility index (Phi) is 4.87. The van der Waals surface area contributed by atoms with Crippen LogP contribution in [-0.4, -0.2) is 40.3 Å². The number of nitrogens with zero attached hydrogens (tertiary/aromatic N) is 4.